The number of hydrogen-bond acceptors (Lipinski definition) is 7. The van der Waals surface area contributed by atoms with Crippen molar-refractivity contribution in [2.24, 2.45) is 7.05 Å². The van der Waals surface area contributed by atoms with Gasteiger partial charge in [-0.2, -0.15) is 0 Å². The van der Waals surface area contributed by atoms with Gasteiger partial charge in [0.15, 0.2) is 7.05 Å². The molecule has 0 aliphatic rings. The maximum Gasteiger partial charge on any atom is 0.263 e. The Morgan fingerprint density at radius 2 is 1.28 bits per heavy atom. The highest BCUT2D eigenvalue weighted by molar-refractivity contribution is 7.93. The second-order valence-corrected chi connectivity index (χ2v) is 14.1. The number of rotatable bonds is 8. The zero-order valence-electron chi connectivity index (χ0n) is 24.8. The molecule has 7 aromatic rings. The molecule has 0 unspecified atom stereocenters. The topological polar surface area (TPSA) is 147 Å². The van der Waals surface area contributed by atoms with E-state index in [1.165, 1.54) is 24.5 Å². The zero-order chi connectivity index (χ0) is 32.8. The van der Waals surface area contributed by atoms with Gasteiger partial charge in [-0.05, 0) is 90.5 Å². The van der Waals surface area contributed by atoms with Crippen LogP contribution in [0.15, 0.2) is 131 Å². The van der Waals surface area contributed by atoms with E-state index >= 15 is 0 Å². The molecule has 0 amide bonds. The first kappa shape index (κ1) is 29.9. The third-order valence-corrected chi connectivity index (χ3v) is 10.4. The fraction of sp³-hybridized carbons (Fsp3) is 0.0294. The van der Waals surface area contributed by atoms with E-state index in [1.54, 1.807) is 84.9 Å². The second kappa shape index (κ2) is 11.5. The molecule has 0 atom stereocenters. The summed E-state index contributed by atoms with van der Waals surface area (Å²) in [5.41, 5.74) is 4.05. The van der Waals surface area contributed by atoms with Crippen LogP contribution in [0.2, 0.25) is 0 Å². The van der Waals surface area contributed by atoms with Crippen LogP contribution in [0.5, 0.6) is 5.75 Å². The van der Waals surface area contributed by atoms with Gasteiger partial charge in [0.2, 0.25) is 5.69 Å². The lowest BCUT2D eigenvalue weighted by molar-refractivity contribution is -0.725. The first-order chi connectivity index (χ1) is 22.6. The molecule has 13 heteroatoms. The Kier molecular flexibility index (Phi) is 7.34. The van der Waals surface area contributed by atoms with E-state index in [-0.39, 0.29) is 27.2 Å². The first-order valence-electron chi connectivity index (χ1n) is 14.4. The first-order valence-corrected chi connectivity index (χ1v) is 17.3. The molecule has 0 fully saturated rings. The Hall–Kier alpha value is -5.79. The molecule has 0 bridgehead atoms. The molecule has 234 valence electrons. The molecule has 0 aliphatic heterocycles. The normalized spacial score (nSPS) is 12.5. The number of phenols is 1. The molecule has 11 nitrogen and oxygen atoms in total. The monoisotopic (exact) mass is 663 g/mol. The number of nitrogens with one attached hydrogen (secondary N) is 2. The van der Waals surface area contributed by atoms with Gasteiger partial charge >= 0.3 is 0 Å². The lowest BCUT2D eigenvalue weighted by Gasteiger charge is -2.07. The Morgan fingerprint density at radius 1 is 0.702 bits per heavy atom. The highest BCUT2D eigenvalue weighted by Gasteiger charge is 2.23. The molecule has 4 heterocycles. The van der Waals surface area contributed by atoms with E-state index in [1.807, 2.05) is 34.5 Å². The number of aromatic nitrogens is 4. The van der Waals surface area contributed by atoms with Crippen molar-refractivity contribution in [1.82, 2.24) is 14.5 Å². The molecule has 0 spiro atoms. The van der Waals surface area contributed by atoms with Gasteiger partial charge < -0.3 is 5.11 Å². The molecule has 7 rings (SSSR count). The lowest BCUT2D eigenvalue weighted by atomic mass is 10.1. The van der Waals surface area contributed by atoms with Gasteiger partial charge in [0.1, 0.15) is 28.4 Å². The molecular formula is C34H27N6O5S2+. The molecule has 0 saturated carbocycles. The van der Waals surface area contributed by atoms with E-state index in [0.29, 0.717) is 0 Å². The van der Waals surface area contributed by atoms with Crippen molar-refractivity contribution >= 4 is 54.2 Å². The number of phenolic OH excluding ortho intramolecular Hbond substituents is 1. The number of hydrogen-bond donors (Lipinski definition) is 3. The average Bonchev–Trinajstić information content (AvgIpc) is 3.55. The Morgan fingerprint density at radius 3 is 1.83 bits per heavy atom. The van der Waals surface area contributed by atoms with Crippen LogP contribution in [-0.2, 0) is 27.1 Å². The zero-order valence-corrected chi connectivity index (χ0v) is 26.4. The number of sulfonamides is 2. The number of anilines is 2. The fourth-order valence-electron chi connectivity index (χ4n) is 5.48. The molecule has 0 aliphatic carbocycles. The average molecular weight is 664 g/mol. The fourth-order valence-corrected chi connectivity index (χ4v) is 7.49. The number of aryl methyl sites for hydroxylation is 1. The van der Waals surface area contributed by atoms with Crippen LogP contribution in [0.1, 0.15) is 5.56 Å². The standard InChI is InChI=1S/C34H26N6O5S2/c1-39-31(24-10-15-27(16-11-24)47(44,45)38-34-7-3-5-19-36-34)22-32-28(29-21-25(41)12-17-30(29)40(32)39)20-23-8-13-26(14-9-23)46(42,43)37-33-6-2-4-18-35-33/h2-22H,1H3,(H2-,35,36,37,38,41)/p+1/b28-20-. The van der Waals surface area contributed by atoms with Crippen LogP contribution in [-0.4, -0.2) is 36.4 Å². The molecule has 0 radical (unpaired) electrons. The van der Waals surface area contributed by atoms with Gasteiger partial charge in [-0.25, -0.2) is 26.8 Å². The summed E-state index contributed by atoms with van der Waals surface area (Å²) in [6.45, 7) is 0. The van der Waals surface area contributed by atoms with Gasteiger partial charge in [0.25, 0.3) is 20.0 Å². The van der Waals surface area contributed by atoms with E-state index in [2.05, 4.69) is 19.4 Å². The minimum Gasteiger partial charge on any atom is -0.508 e. The lowest BCUT2D eigenvalue weighted by Crippen LogP contribution is -2.36. The third kappa shape index (κ3) is 5.73. The maximum absolute atomic E-state index is 12.9. The number of pyridine rings is 2. The Bertz CT molecular complexity index is 2540. The predicted molar refractivity (Wildman–Crippen MR) is 178 cm³/mol. The molecule has 0 saturated heterocycles. The van der Waals surface area contributed by atoms with Gasteiger partial charge in [-0.3, -0.25) is 9.44 Å². The summed E-state index contributed by atoms with van der Waals surface area (Å²) in [6.07, 6.45) is 4.95. The van der Waals surface area contributed by atoms with E-state index in [4.69, 9.17) is 0 Å². The minimum absolute atomic E-state index is 0.0903. The third-order valence-electron chi connectivity index (χ3n) is 7.69. The summed E-state index contributed by atoms with van der Waals surface area (Å²) in [6, 6.07) is 30.2. The van der Waals surface area contributed by atoms with Crippen molar-refractivity contribution in [3.63, 3.8) is 0 Å². The minimum atomic E-state index is -3.84. The van der Waals surface area contributed by atoms with Crippen molar-refractivity contribution in [3.8, 4) is 17.0 Å². The van der Waals surface area contributed by atoms with Crippen molar-refractivity contribution in [2.75, 3.05) is 9.44 Å². The molecule has 3 N–H and O–H groups in total. The maximum atomic E-state index is 12.9. The van der Waals surface area contributed by atoms with Crippen LogP contribution >= 0.6 is 0 Å². The molecular weight excluding hydrogens is 637 g/mol. The van der Waals surface area contributed by atoms with Crippen molar-refractivity contribution < 1.29 is 26.6 Å². The van der Waals surface area contributed by atoms with Crippen LogP contribution in [0.25, 0.3) is 33.8 Å². The highest BCUT2D eigenvalue weighted by Crippen LogP contribution is 2.26. The van der Waals surface area contributed by atoms with Crippen molar-refractivity contribution in [1.29, 1.82) is 0 Å². The molecule has 4 aromatic heterocycles. The van der Waals surface area contributed by atoms with Gasteiger partial charge in [-0.15, -0.1) is 9.20 Å². The smallest absolute Gasteiger partial charge is 0.263 e. The van der Waals surface area contributed by atoms with Crippen LogP contribution < -0.4 is 19.3 Å². The van der Waals surface area contributed by atoms with Gasteiger partial charge in [0.05, 0.1) is 9.79 Å². The predicted octanol–water partition coefficient (Wildman–Crippen LogP) is 4.23. The Balaban J connectivity index is 1.27. The van der Waals surface area contributed by atoms with Crippen molar-refractivity contribution in [3.05, 3.63) is 132 Å². The second-order valence-electron chi connectivity index (χ2n) is 10.7. The number of nitrogens with zero attached hydrogens (tertiary/aromatic N) is 4. The van der Waals surface area contributed by atoms with Crippen LogP contribution in [0.4, 0.5) is 11.6 Å². The summed E-state index contributed by atoms with van der Waals surface area (Å²) >= 11 is 0. The summed E-state index contributed by atoms with van der Waals surface area (Å²) in [5.74, 6) is 0.567. The number of aromatic hydroxyl groups is 1. The summed E-state index contributed by atoms with van der Waals surface area (Å²) in [5, 5.41) is 12.0. The molecule has 47 heavy (non-hydrogen) atoms. The summed E-state index contributed by atoms with van der Waals surface area (Å²) < 4.78 is 60.7. The van der Waals surface area contributed by atoms with E-state index in [0.717, 1.165) is 38.5 Å². The SMILES string of the molecule is C[n+]1c(-c2ccc(S(=O)(=O)Nc3ccccn3)cc2)cc2/c(=C\c3ccc(S(=O)(=O)Nc4ccccn4)cc3)c3cc(O)ccc3n21. The van der Waals surface area contributed by atoms with Crippen LogP contribution in [0.3, 0.4) is 0 Å². The summed E-state index contributed by atoms with van der Waals surface area (Å²) in [4.78, 5) is 8.26. The molecule has 3 aromatic carbocycles. The van der Waals surface area contributed by atoms with Crippen LogP contribution in [0, 0.1) is 0 Å². The Labute approximate surface area is 270 Å². The summed E-state index contributed by atoms with van der Waals surface area (Å²) in [7, 11) is -5.77. The quantitative estimate of drug-likeness (QED) is 0.206. The van der Waals surface area contributed by atoms with Gasteiger partial charge in [0, 0.05) is 34.6 Å². The largest absolute Gasteiger partial charge is 0.508 e. The number of benzene rings is 3. The van der Waals surface area contributed by atoms with Gasteiger partial charge in [-0.1, -0.05) is 24.3 Å². The van der Waals surface area contributed by atoms with E-state index in [9.17, 15) is 21.9 Å². The highest BCUT2D eigenvalue weighted by atomic mass is 32.2. The van der Waals surface area contributed by atoms with Crippen molar-refractivity contribution in [2.45, 2.75) is 9.79 Å². The van der Waals surface area contributed by atoms with E-state index < -0.39 is 20.0 Å². The number of fused-ring (bicyclic) bond motifs is 3.